The van der Waals surface area contributed by atoms with Crippen molar-refractivity contribution in [3.8, 4) is 11.4 Å². The van der Waals surface area contributed by atoms with Crippen LogP contribution < -0.4 is 0 Å². The molecule has 124 valence electrons. The molecule has 1 unspecified atom stereocenters. The molecule has 0 amide bonds. The van der Waals surface area contributed by atoms with E-state index >= 15 is 0 Å². The Morgan fingerprint density at radius 1 is 1.42 bits per heavy atom. The second-order valence-electron chi connectivity index (χ2n) is 5.82. The van der Waals surface area contributed by atoms with E-state index in [2.05, 4.69) is 15.0 Å². The molecule has 0 aliphatic carbocycles. The number of methoxy groups -OCH3 is 1. The molecule has 24 heavy (non-hydrogen) atoms. The zero-order valence-electron chi connectivity index (χ0n) is 13.4. The summed E-state index contributed by atoms with van der Waals surface area (Å²) in [7, 11) is 1.36. The number of aromatic amines is 1. The lowest BCUT2D eigenvalue weighted by Gasteiger charge is -2.25. The minimum Gasteiger partial charge on any atom is -0.464 e. The van der Waals surface area contributed by atoms with Crippen LogP contribution in [0.3, 0.4) is 0 Å². The molecule has 1 fully saturated rings. The van der Waals surface area contributed by atoms with E-state index in [1.54, 1.807) is 18.6 Å². The van der Waals surface area contributed by atoms with Crippen LogP contribution in [0.4, 0.5) is 0 Å². The minimum absolute atomic E-state index is 0.00280. The Morgan fingerprint density at radius 3 is 3.12 bits per heavy atom. The number of nitrogens with zero attached hydrogens (tertiary/aromatic N) is 3. The first-order valence-electron chi connectivity index (χ1n) is 7.98. The lowest BCUT2D eigenvalue weighted by atomic mass is 10.1. The molecule has 0 aromatic carbocycles. The molecule has 0 radical (unpaired) electrons. The molecule has 1 N–H and O–H groups in total. The Labute approximate surface area is 138 Å². The van der Waals surface area contributed by atoms with Gasteiger partial charge in [-0.15, -0.1) is 0 Å². The predicted molar refractivity (Wildman–Crippen MR) is 87.5 cm³/mol. The number of nitrogens with one attached hydrogen (secondary N) is 1. The van der Waals surface area contributed by atoms with Crippen LogP contribution in [-0.2, 0) is 9.47 Å². The molecule has 4 rings (SSSR count). The molecule has 7 nitrogen and oxygen atoms in total. The number of hydrogen-bond acceptors (Lipinski definition) is 5. The Kier molecular flexibility index (Phi) is 3.78. The first-order chi connectivity index (χ1) is 11.8. The lowest BCUT2D eigenvalue weighted by molar-refractivity contribution is -0.0310. The monoisotopic (exact) mass is 326 g/mol. The maximum atomic E-state index is 11.6. The van der Waals surface area contributed by atoms with Gasteiger partial charge in [0.25, 0.3) is 0 Å². The van der Waals surface area contributed by atoms with Crippen molar-refractivity contribution in [3.05, 3.63) is 36.4 Å². The van der Waals surface area contributed by atoms with Crippen LogP contribution >= 0.6 is 0 Å². The van der Waals surface area contributed by atoms with Gasteiger partial charge >= 0.3 is 5.97 Å². The molecule has 1 aliphatic rings. The fourth-order valence-corrected chi connectivity index (χ4v) is 3.04. The molecule has 1 atom stereocenters. The number of carbonyl (C=O) groups excluding carboxylic acids is 1. The highest BCUT2D eigenvalue weighted by Gasteiger charge is 2.20. The van der Waals surface area contributed by atoms with Gasteiger partial charge < -0.3 is 19.0 Å². The molecule has 3 aromatic heterocycles. The zero-order valence-corrected chi connectivity index (χ0v) is 13.4. The molecule has 7 heteroatoms. The smallest absolute Gasteiger partial charge is 0.354 e. The van der Waals surface area contributed by atoms with Crippen molar-refractivity contribution in [2.24, 2.45) is 0 Å². The molecule has 0 spiro atoms. The molecule has 4 heterocycles. The van der Waals surface area contributed by atoms with Crippen LogP contribution in [0.1, 0.15) is 36.0 Å². The van der Waals surface area contributed by atoms with E-state index in [-0.39, 0.29) is 6.23 Å². The van der Waals surface area contributed by atoms with E-state index in [1.807, 2.05) is 16.7 Å². The standard InChI is InChI=1S/C17H18N4O3/c1-23-17(22)13-8-11-5-6-12(19-16(11)20-13)14-9-18-10-21(14)15-4-2-3-7-24-15/h5-6,8-10,15H,2-4,7H2,1H3,(H,19,20). The minimum atomic E-state index is -0.407. The molecular formula is C17H18N4O3. The van der Waals surface area contributed by atoms with Crippen molar-refractivity contribution in [2.75, 3.05) is 13.7 Å². The third kappa shape index (κ3) is 2.56. The number of pyridine rings is 1. The van der Waals surface area contributed by atoms with Crippen molar-refractivity contribution in [3.63, 3.8) is 0 Å². The summed E-state index contributed by atoms with van der Waals surface area (Å²) in [6.45, 7) is 0.772. The molecule has 1 aliphatic heterocycles. The normalized spacial score (nSPS) is 18.0. The summed E-state index contributed by atoms with van der Waals surface area (Å²) in [6.07, 6.45) is 6.79. The fraction of sp³-hybridized carbons (Fsp3) is 0.353. The summed E-state index contributed by atoms with van der Waals surface area (Å²) in [5.74, 6) is -0.407. The highest BCUT2D eigenvalue weighted by atomic mass is 16.5. The van der Waals surface area contributed by atoms with Gasteiger partial charge in [0.1, 0.15) is 17.6 Å². The van der Waals surface area contributed by atoms with E-state index in [4.69, 9.17) is 9.47 Å². The summed E-state index contributed by atoms with van der Waals surface area (Å²) >= 11 is 0. The summed E-state index contributed by atoms with van der Waals surface area (Å²) in [5.41, 5.74) is 2.72. The molecule has 3 aromatic rings. The van der Waals surface area contributed by atoms with Gasteiger partial charge in [-0.2, -0.15) is 0 Å². The number of carbonyl (C=O) groups is 1. The van der Waals surface area contributed by atoms with Gasteiger partial charge in [-0.3, -0.25) is 0 Å². The number of hydrogen-bond donors (Lipinski definition) is 1. The molecule has 1 saturated heterocycles. The number of rotatable bonds is 3. The van der Waals surface area contributed by atoms with E-state index in [0.29, 0.717) is 11.3 Å². The number of imidazole rings is 1. The second kappa shape index (κ2) is 6.09. The quantitative estimate of drug-likeness (QED) is 0.748. The van der Waals surface area contributed by atoms with Gasteiger partial charge in [-0.25, -0.2) is 14.8 Å². The topological polar surface area (TPSA) is 82.0 Å². The highest BCUT2D eigenvalue weighted by molar-refractivity contribution is 5.94. The summed E-state index contributed by atoms with van der Waals surface area (Å²) in [4.78, 5) is 23.5. The Balaban J connectivity index is 1.72. The number of ether oxygens (including phenoxy) is 2. The maximum Gasteiger partial charge on any atom is 0.354 e. The molecule has 0 bridgehead atoms. The zero-order chi connectivity index (χ0) is 16.5. The fourth-order valence-electron chi connectivity index (χ4n) is 3.04. The van der Waals surface area contributed by atoms with Gasteiger partial charge in [0, 0.05) is 12.0 Å². The van der Waals surface area contributed by atoms with Crippen molar-refractivity contribution < 1.29 is 14.3 Å². The van der Waals surface area contributed by atoms with Gasteiger partial charge in [0.2, 0.25) is 0 Å². The summed E-state index contributed by atoms with van der Waals surface area (Å²) in [5, 5.41) is 0.860. The summed E-state index contributed by atoms with van der Waals surface area (Å²) in [6, 6.07) is 5.59. The van der Waals surface area contributed by atoms with Crippen LogP contribution in [0.15, 0.2) is 30.7 Å². The molecular weight excluding hydrogens is 308 g/mol. The SMILES string of the molecule is COC(=O)c1cc2ccc(-c3cncn3C3CCCCO3)nc2[nH]1. The van der Waals surface area contributed by atoms with E-state index in [0.717, 1.165) is 42.6 Å². The second-order valence-corrected chi connectivity index (χ2v) is 5.82. The maximum absolute atomic E-state index is 11.6. The van der Waals surface area contributed by atoms with Crippen molar-refractivity contribution in [1.29, 1.82) is 0 Å². The van der Waals surface area contributed by atoms with Gasteiger partial charge in [0.15, 0.2) is 0 Å². The van der Waals surface area contributed by atoms with Crippen LogP contribution in [0.25, 0.3) is 22.4 Å². The Bertz CT molecular complexity index is 877. The third-order valence-electron chi connectivity index (χ3n) is 4.28. The van der Waals surface area contributed by atoms with Crippen LogP contribution in [-0.4, -0.2) is 39.2 Å². The van der Waals surface area contributed by atoms with Crippen LogP contribution in [0, 0.1) is 0 Å². The predicted octanol–water partition coefficient (Wildman–Crippen LogP) is 2.91. The number of aromatic nitrogens is 4. The largest absolute Gasteiger partial charge is 0.464 e. The van der Waals surface area contributed by atoms with Gasteiger partial charge in [-0.1, -0.05) is 0 Å². The van der Waals surface area contributed by atoms with Crippen molar-refractivity contribution >= 4 is 17.0 Å². The van der Waals surface area contributed by atoms with Crippen LogP contribution in [0.2, 0.25) is 0 Å². The Morgan fingerprint density at radius 2 is 2.33 bits per heavy atom. The highest BCUT2D eigenvalue weighted by Crippen LogP contribution is 2.28. The first kappa shape index (κ1) is 14.9. The number of H-pyrrole nitrogens is 1. The van der Waals surface area contributed by atoms with E-state index < -0.39 is 5.97 Å². The molecule has 0 saturated carbocycles. The van der Waals surface area contributed by atoms with Crippen molar-refractivity contribution in [1.82, 2.24) is 19.5 Å². The average molecular weight is 326 g/mol. The number of fused-ring (bicyclic) bond motifs is 1. The first-order valence-corrected chi connectivity index (χ1v) is 7.98. The Hall–Kier alpha value is -2.67. The number of esters is 1. The van der Waals surface area contributed by atoms with Crippen molar-refractivity contribution in [2.45, 2.75) is 25.5 Å². The van der Waals surface area contributed by atoms with Gasteiger partial charge in [-0.05, 0) is 37.5 Å². The summed E-state index contributed by atoms with van der Waals surface area (Å²) < 4.78 is 12.6. The van der Waals surface area contributed by atoms with Gasteiger partial charge in [0.05, 0.1) is 31.0 Å². The third-order valence-corrected chi connectivity index (χ3v) is 4.28. The average Bonchev–Trinajstić information content (AvgIpc) is 3.27. The van der Waals surface area contributed by atoms with E-state index in [9.17, 15) is 4.79 Å². The van der Waals surface area contributed by atoms with E-state index in [1.165, 1.54) is 7.11 Å². The van der Waals surface area contributed by atoms with Crippen LogP contribution in [0.5, 0.6) is 0 Å². The lowest BCUT2D eigenvalue weighted by Crippen LogP contribution is -2.18.